The fourth-order valence-corrected chi connectivity index (χ4v) is 4.53. The molecule has 82 valence electrons. The van der Waals surface area contributed by atoms with Crippen LogP contribution in [-0.2, 0) is 0 Å². The van der Waals surface area contributed by atoms with Gasteiger partial charge in [0, 0.05) is 11.3 Å². The lowest BCUT2D eigenvalue weighted by Gasteiger charge is -2.43. The van der Waals surface area contributed by atoms with Gasteiger partial charge in [0.2, 0.25) is 0 Å². The molecule has 1 saturated heterocycles. The van der Waals surface area contributed by atoms with Crippen LogP contribution in [0.25, 0.3) is 0 Å². The summed E-state index contributed by atoms with van der Waals surface area (Å²) in [5.41, 5.74) is 0.514. The van der Waals surface area contributed by atoms with Crippen molar-refractivity contribution in [1.29, 1.82) is 0 Å². The lowest BCUT2D eigenvalue weighted by atomic mass is 9.73. The second-order valence-electron chi connectivity index (χ2n) is 5.74. The average molecular weight is 213 g/mol. The number of nitrogens with one attached hydrogen (secondary N) is 1. The van der Waals surface area contributed by atoms with E-state index in [0.717, 1.165) is 17.2 Å². The first-order valence-electron chi connectivity index (χ1n) is 5.94. The number of rotatable bonds is 0. The molecule has 1 heterocycles. The molecule has 14 heavy (non-hydrogen) atoms. The van der Waals surface area contributed by atoms with Gasteiger partial charge in [-0.2, -0.15) is 11.8 Å². The molecule has 1 aliphatic carbocycles. The van der Waals surface area contributed by atoms with Gasteiger partial charge in [-0.25, -0.2) is 0 Å². The highest BCUT2D eigenvalue weighted by molar-refractivity contribution is 8.00. The fraction of sp³-hybridized carbons (Fsp3) is 1.00. The Bertz CT molecular complexity index is 202. The first-order chi connectivity index (χ1) is 6.59. The zero-order chi connectivity index (χ0) is 10.2. The van der Waals surface area contributed by atoms with Crippen molar-refractivity contribution in [2.24, 2.45) is 11.3 Å². The summed E-state index contributed by atoms with van der Waals surface area (Å²) in [6, 6.07) is 0.756. The molecule has 0 aromatic carbocycles. The molecular formula is C12H23NS. The molecule has 3 unspecified atom stereocenters. The van der Waals surface area contributed by atoms with Crippen molar-refractivity contribution in [2.75, 3.05) is 12.3 Å². The highest BCUT2D eigenvalue weighted by Gasteiger charge is 2.40. The van der Waals surface area contributed by atoms with Gasteiger partial charge in [-0.05, 0) is 36.5 Å². The van der Waals surface area contributed by atoms with Crippen molar-refractivity contribution in [3.63, 3.8) is 0 Å². The second kappa shape index (κ2) is 4.05. The van der Waals surface area contributed by atoms with E-state index < -0.39 is 0 Å². The zero-order valence-electron chi connectivity index (χ0n) is 9.68. The van der Waals surface area contributed by atoms with E-state index in [9.17, 15) is 0 Å². The molecule has 0 amide bonds. The van der Waals surface area contributed by atoms with Crippen molar-refractivity contribution >= 4 is 11.8 Å². The summed E-state index contributed by atoms with van der Waals surface area (Å²) >= 11 is 2.22. The SMILES string of the molecule is CC1CNC2C(CCCC2(C)C)SC1. The lowest BCUT2D eigenvalue weighted by molar-refractivity contribution is 0.174. The maximum absolute atomic E-state index is 3.80. The van der Waals surface area contributed by atoms with Crippen molar-refractivity contribution in [1.82, 2.24) is 5.32 Å². The first kappa shape index (κ1) is 10.8. The van der Waals surface area contributed by atoms with Crippen LogP contribution in [0.4, 0.5) is 0 Å². The van der Waals surface area contributed by atoms with Gasteiger partial charge < -0.3 is 5.32 Å². The van der Waals surface area contributed by atoms with Gasteiger partial charge in [0.05, 0.1) is 0 Å². The van der Waals surface area contributed by atoms with Crippen LogP contribution in [0.1, 0.15) is 40.0 Å². The zero-order valence-corrected chi connectivity index (χ0v) is 10.5. The Hall–Kier alpha value is 0.310. The van der Waals surface area contributed by atoms with Gasteiger partial charge in [0.25, 0.3) is 0 Å². The standard InChI is InChI=1S/C12H23NS/c1-9-7-13-11-10(14-8-9)5-4-6-12(11,2)3/h9-11,13H,4-8H2,1-3H3. The van der Waals surface area contributed by atoms with Crippen molar-refractivity contribution in [3.05, 3.63) is 0 Å². The topological polar surface area (TPSA) is 12.0 Å². The Morgan fingerprint density at radius 1 is 1.36 bits per heavy atom. The normalized spacial score (nSPS) is 42.6. The smallest absolute Gasteiger partial charge is 0.0237 e. The molecule has 2 aliphatic rings. The third kappa shape index (κ3) is 2.11. The first-order valence-corrected chi connectivity index (χ1v) is 6.99. The highest BCUT2D eigenvalue weighted by atomic mass is 32.2. The van der Waals surface area contributed by atoms with Crippen molar-refractivity contribution in [3.8, 4) is 0 Å². The van der Waals surface area contributed by atoms with Crippen LogP contribution in [0.3, 0.4) is 0 Å². The van der Waals surface area contributed by atoms with Gasteiger partial charge >= 0.3 is 0 Å². The van der Waals surface area contributed by atoms with Crippen molar-refractivity contribution in [2.45, 2.75) is 51.3 Å². The molecule has 1 aliphatic heterocycles. The minimum atomic E-state index is 0.514. The number of thioether (sulfide) groups is 1. The van der Waals surface area contributed by atoms with Crippen LogP contribution in [0.5, 0.6) is 0 Å². The molecule has 3 atom stereocenters. The van der Waals surface area contributed by atoms with Crippen LogP contribution < -0.4 is 5.32 Å². The minimum absolute atomic E-state index is 0.514. The molecule has 0 aromatic rings. The molecule has 2 heteroatoms. The van der Waals surface area contributed by atoms with Gasteiger partial charge in [0.15, 0.2) is 0 Å². The predicted octanol–water partition coefficient (Wildman–Crippen LogP) is 2.91. The summed E-state index contributed by atoms with van der Waals surface area (Å²) in [7, 11) is 0. The van der Waals surface area contributed by atoms with E-state index in [4.69, 9.17) is 0 Å². The molecule has 2 rings (SSSR count). The maximum Gasteiger partial charge on any atom is 0.0237 e. The molecular weight excluding hydrogens is 190 g/mol. The van der Waals surface area contributed by atoms with E-state index in [1.54, 1.807) is 0 Å². The van der Waals surface area contributed by atoms with Crippen LogP contribution in [0.15, 0.2) is 0 Å². The van der Waals surface area contributed by atoms with Gasteiger partial charge in [-0.3, -0.25) is 0 Å². The number of fused-ring (bicyclic) bond motifs is 1. The van der Waals surface area contributed by atoms with Crippen LogP contribution in [-0.4, -0.2) is 23.6 Å². The summed E-state index contributed by atoms with van der Waals surface area (Å²) < 4.78 is 0. The summed E-state index contributed by atoms with van der Waals surface area (Å²) in [4.78, 5) is 0. The fourth-order valence-electron chi connectivity index (χ4n) is 2.85. The van der Waals surface area contributed by atoms with Crippen LogP contribution in [0, 0.1) is 11.3 Å². The van der Waals surface area contributed by atoms with Crippen LogP contribution in [0.2, 0.25) is 0 Å². The molecule has 2 fully saturated rings. The Labute approximate surface area is 92.4 Å². The van der Waals surface area contributed by atoms with Gasteiger partial charge in [-0.15, -0.1) is 0 Å². The van der Waals surface area contributed by atoms with E-state index >= 15 is 0 Å². The quantitative estimate of drug-likeness (QED) is 0.664. The van der Waals surface area contributed by atoms with E-state index in [2.05, 4.69) is 37.8 Å². The number of hydrogen-bond donors (Lipinski definition) is 1. The third-order valence-electron chi connectivity index (χ3n) is 3.80. The van der Waals surface area contributed by atoms with E-state index in [0.29, 0.717) is 5.41 Å². The summed E-state index contributed by atoms with van der Waals surface area (Å²) in [6.45, 7) is 8.46. The van der Waals surface area contributed by atoms with Crippen molar-refractivity contribution < 1.29 is 0 Å². The summed E-state index contributed by atoms with van der Waals surface area (Å²) in [6.07, 6.45) is 4.26. The largest absolute Gasteiger partial charge is 0.312 e. The summed E-state index contributed by atoms with van der Waals surface area (Å²) in [5, 5.41) is 4.68. The predicted molar refractivity (Wildman–Crippen MR) is 64.8 cm³/mol. The van der Waals surface area contributed by atoms with E-state index in [1.807, 2.05) is 0 Å². The van der Waals surface area contributed by atoms with Crippen LogP contribution >= 0.6 is 11.8 Å². The maximum atomic E-state index is 3.80. The monoisotopic (exact) mass is 213 g/mol. The number of hydrogen-bond acceptors (Lipinski definition) is 2. The molecule has 0 aromatic heterocycles. The molecule has 1 N–H and O–H groups in total. The Morgan fingerprint density at radius 3 is 2.93 bits per heavy atom. The Kier molecular flexibility index (Phi) is 3.13. The Balaban J connectivity index is 2.09. The van der Waals surface area contributed by atoms with E-state index in [1.165, 1.54) is 31.6 Å². The van der Waals surface area contributed by atoms with Gasteiger partial charge in [0.1, 0.15) is 0 Å². The lowest BCUT2D eigenvalue weighted by Crippen LogP contribution is -2.51. The molecule has 0 radical (unpaired) electrons. The highest BCUT2D eigenvalue weighted by Crippen LogP contribution is 2.42. The third-order valence-corrected chi connectivity index (χ3v) is 5.50. The minimum Gasteiger partial charge on any atom is -0.312 e. The molecule has 0 spiro atoms. The molecule has 1 saturated carbocycles. The molecule has 0 bridgehead atoms. The van der Waals surface area contributed by atoms with E-state index in [-0.39, 0.29) is 0 Å². The second-order valence-corrected chi connectivity index (χ2v) is 7.02. The average Bonchev–Trinajstić information content (AvgIpc) is 2.29. The summed E-state index contributed by atoms with van der Waals surface area (Å²) in [5.74, 6) is 2.20. The van der Waals surface area contributed by atoms with Gasteiger partial charge in [-0.1, -0.05) is 27.2 Å². The Morgan fingerprint density at radius 2 is 2.14 bits per heavy atom. The molecule has 1 nitrogen and oxygen atoms in total.